The van der Waals surface area contributed by atoms with E-state index < -0.39 is 0 Å². The number of nitrogens with zero attached hydrogens (tertiary/aromatic N) is 1. The Bertz CT molecular complexity index is 243. The van der Waals surface area contributed by atoms with Crippen LogP contribution in [0.1, 0.15) is 59.3 Å². The maximum absolute atomic E-state index is 3.71. The van der Waals surface area contributed by atoms with Crippen molar-refractivity contribution in [3.05, 3.63) is 0 Å². The summed E-state index contributed by atoms with van der Waals surface area (Å²) in [4.78, 5) is 2.69. The molecule has 17 heavy (non-hydrogen) atoms. The average molecular weight is 238 g/mol. The van der Waals surface area contributed by atoms with Gasteiger partial charge in [-0.15, -0.1) is 0 Å². The van der Waals surface area contributed by atoms with Gasteiger partial charge in [0.15, 0.2) is 0 Å². The van der Waals surface area contributed by atoms with Crippen LogP contribution in [0.5, 0.6) is 0 Å². The first-order valence-corrected chi connectivity index (χ1v) is 7.49. The van der Waals surface area contributed by atoms with Gasteiger partial charge in [-0.3, -0.25) is 4.90 Å². The van der Waals surface area contributed by atoms with Crippen LogP contribution in [0.2, 0.25) is 0 Å². The molecular formula is C15H30N2. The van der Waals surface area contributed by atoms with Gasteiger partial charge < -0.3 is 5.32 Å². The minimum Gasteiger partial charge on any atom is -0.313 e. The summed E-state index contributed by atoms with van der Waals surface area (Å²) in [7, 11) is 2.36. The van der Waals surface area contributed by atoms with Crippen LogP contribution in [-0.4, -0.2) is 36.6 Å². The van der Waals surface area contributed by atoms with Gasteiger partial charge in [-0.1, -0.05) is 27.2 Å². The Morgan fingerprint density at radius 2 is 1.94 bits per heavy atom. The van der Waals surface area contributed by atoms with E-state index in [9.17, 15) is 0 Å². The van der Waals surface area contributed by atoms with E-state index in [1.54, 1.807) is 0 Å². The van der Waals surface area contributed by atoms with E-state index in [1.807, 2.05) is 0 Å². The molecule has 0 aliphatic heterocycles. The zero-order chi connectivity index (χ0) is 12.5. The summed E-state index contributed by atoms with van der Waals surface area (Å²) in [6.45, 7) is 8.23. The molecule has 0 radical (unpaired) electrons. The molecule has 0 amide bonds. The molecule has 2 heteroatoms. The van der Waals surface area contributed by atoms with Gasteiger partial charge in [0.1, 0.15) is 0 Å². The Morgan fingerprint density at radius 1 is 1.24 bits per heavy atom. The second-order valence-corrected chi connectivity index (χ2v) is 6.89. The summed E-state index contributed by atoms with van der Waals surface area (Å²) in [6, 6.07) is 2.35. The Labute approximate surface area is 107 Å². The van der Waals surface area contributed by atoms with Gasteiger partial charge in [-0.05, 0) is 51.1 Å². The van der Waals surface area contributed by atoms with Crippen LogP contribution in [0, 0.1) is 5.41 Å². The molecule has 0 saturated heterocycles. The van der Waals surface area contributed by atoms with Crippen LogP contribution in [0.25, 0.3) is 0 Å². The van der Waals surface area contributed by atoms with Crippen LogP contribution in [0.15, 0.2) is 0 Å². The fourth-order valence-electron chi connectivity index (χ4n) is 3.54. The maximum Gasteiger partial charge on any atom is 0.0254 e. The smallest absolute Gasteiger partial charge is 0.0254 e. The van der Waals surface area contributed by atoms with Crippen molar-refractivity contribution in [2.24, 2.45) is 5.41 Å². The third kappa shape index (κ3) is 3.03. The van der Waals surface area contributed by atoms with Crippen molar-refractivity contribution >= 4 is 0 Å². The summed E-state index contributed by atoms with van der Waals surface area (Å²) in [6.07, 6.45) is 8.37. The first kappa shape index (κ1) is 13.4. The zero-order valence-electron chi connectivity index (χ0n) is 12.1. The highest BCUT2D eigenvalue weighted by Crippen LogP contribution is 2.39. The second kappa shape index (κ2) is 5.27. The summed E-state index contributed by atoms with van der Waals surface area (Å²) in [5, 5.41) is 3.71. The topological polar surface area (TPSA) is 15.3 Å². The van der Waals surface area contributed by atoms with Crippen LogP contribution in [-0.2, 0) is 0 Å². The molecule has 2 fully saturated rings. The largest absolute Gasteiger partial charge is 0.313 e. The van der Waals surface area contributed by atoms with Crippen molar-refractivity contribution in [2.45, 2.75) is 77.4 Å². The second-order valence-electron chi connectivity index (χ2n) is 6.89. The van der Waals surface area contributed by atoms with Gasteiger partial charge in [-0.25, -0.2) is 0 Å². The number of hydrogen-bond acceptors (Lipinski definition) is 2. The van der Waals surface area contributed by atoms with Gasteiger partial charge in [0.2, 0.25) is 0 Å². The normalized spacial score (nSPS) is 33.7. The Balaban J connectivity index is 2.01. The van der Waals surface area contributed by atoms with Gasteiger partial charge >= 0.3 is 0 Å². The molecular weight excluding hydrogens is 208 g/mol. The molecule has 0 aromatic carbocycles. The number of hydrogen-bond donors (Lipinski definition) is 1. The van der Waals surface area contributed by atoms with Crippen molar-refractivity contribution in [1.29, 1.82) is 0 Å². The minimum atomic E-state index is 0.536. The Kier molecular flexibility index (Phi) is 4.14. The highest BCUT2D eigenvalue weighted by atomic mass is 15.2. The minimum absolute atomic E-state index is 0.536. The highest BCUT2D eigenvalue weighted by Gasteiger charge is 2.39. The van der Waals surface area contributed by atoms with Crippen molar-refractivity contribution in [3.63, 3.8) is 0 Å². The number of likely N-dealkylation sites (N-methyl/N-ethyl adjacent to an activating group) is 2. The van der Waals surface area contributed by atoms with Gasteiger partial charge in [-0.2, -0.15) is 0 Å². The van der Waals surface area contributed by atoms with E-state index in [0.717, 1.165) is 24.7 Å². The zero-order valence-corrected chi connectivity index (χ0v) is 12.1. The predicted octanol–water partition coefficient (Wildman–Crippen LogP) is 3.03. The lowest BCUT2D eigenvalue weighted by atomic mass is 9.71. The SMILES string of the molecule is CCNC1CCC(C)(C)CC1N(C)C1CCC1. The molecule has 0 heterocycles. The quantitative estimate of drug-likeness (QED) is 0.810. The van der Waals surface area contributed by atoms with Crippen LogP contribution >= 0.6 is 0 Å². The van der Waals surface area contributed by atoms with E-state index in [2.05, 4.69) is 38.0 Å². The highest BCUT2D eigenvalue weighted by molar-refractivity contribution is 4.96. The van der Waals surface area contributed by atoms with E-state index in [1.165, 1.54) is 38.5 Å². The average Bonchev–Trinajstić information content (AvgIpc) is 2.18. The fourth-order valence-corrected chi connectivity index (χ4v) is 3.54. The molecule has 2 aliphatic rings. The molecule has 0 aromatic heterocycles. The maximum atomic E-state index is 3.71. The van der Waals surface area contributed by atoms with Crippen LogP contribution < -0.4 is 5.32 Å². The monoisotopic (exact) mass is 238 g/mol. The molecule has 2 nitrogen and oxygen atoms in total. The molecule has 2 unspecified atom stereocenters. The van der Waals surface area contributed by atoms with E-state index >= 15 is 0 Å². The van der Waals surface area contributed by atoms with Crippen molar-refractivity contribution in [2.75, 3.05) is 13.6 Å². The number of nitrogens with one attached hydrogen (secondary N) is 1. The Morgan fingerprint density at radius 3 is 2.47 bits per heavy atom. The van der Waals surface area contributed by atoms with Gasteiger partial charge in [0.25, 0.3) is 0 Å². The van der Waals surface area contributed by atoms with E-state index in [4.69, 9.17) is 0 Å². The molecule has 100 valence electrons. The molecule has 2 saturated carbocycles. The van der Waals surface area contributed by atoms with E-state index in [-0.39, 0.29) is 0 Å². The van der Waals surface area contributed by atoms with Crippen molar-refractivity contribution < 1.29 is 0 Å². The third-order valence-corrected chi connectivity index (χ3v) is 5.00. The van der Waals surface area contributed by atoms with Crippen LogP contribution in [0.4, 0.5) is 0 Å². The molecule has 2 aliphatic carbocycles. The molecule has 2 atom stereocenters. The standard InChI is InChI=1S/C15H30N2/c1-5-16-13-9-10-15(2,3)11-14(13)17(4)12-7-6-8-12/h12-14,16H,5-11H2,1-4H3. The predicted molar refractivity (Wildman–Crippen MR) is 74.3 cm³/mol. The molecule has 0 aromatic rings. The lowest BCUT2D eigenvalue weighted by molar-refractivity contribution is 0.0302. The van der Waals surface area contributed by atoms with E-state index in [0.29, 0.717) is 5.41 Å². The molecule has 1 N–H and O–H groups in total. The van der Waals surface area contributed by atoms with Gasteiger partial charge in [0.05, 0.1) is 0 Å². The van der Waals surface area contributed by atoms with Crippen LogP contribution in [0.3, 0.4) is 0 Å². The van der Waals surface area contributed by atoms with Gasteiger partial charge in [0, 0.05) is 18.1 Å². The number of rotatable bonds is 4. The third-order valence-electron chi connectivity index (χ3n) is 5.00. The Hall–Kier alpha value is -0.0800. The van der Waals surface area contributed by atoms with Crippen molar-refractivity contribution in [3.8, 4) is 0 Å². The lowest BCUT2D eigenvalue weighted by Crippen LogP contribution is -2.57. The molecule has 0 spiro atoms. The summed E-state index contributed by atoms with van der Waals surface area (Å²) < 4.78 is 0. The molecule has 0 bridgehead atoms. The molecule has 2 rings (SSSR count). The van der Waals surface area contributed by atoms with Crippen molar-refractivity contribution in [1.82, 2.24) is 10.2 Å². The summed E-state index contributed by atoms with van der Waals surface area (Å²) in [5.41, 5.74) is 0.536. The summed E-state index contributed by atoms with van der Waals surface area (Å²) in [5.74, 6) is 0. The first-order chi connectivity index (χ1) is 8.03. The first-order valence-electron chi connectivity index (χ1n) is 7.49. The summed E-state index contributed by atoms with van der Waals surface area (Å²) >= 11 is 0. The lowest BCUT2D eigenvalue weighted by Gasteiger charge is -2.49. The fraction of sp³-hybridized carbons (Fsp3) is 1.00.